The second-order valence-corrected chi connectivity index (χ2v) is 8.29. The summed E-state index contributed by atoms with van der Waals surface area (Å²) in [5.74, 6) is -0.621. The van der Waals surface area contributed by atoms with E-state index in [0.717, 1.165) is 13.0 Å². The van der Waals surface area contributed by atoms with E-state index in [4.69, 9.17) is 5.73 Å². The van der Waals surface area contributed by atoms with Crippen LogP contribution in [0.4, 0.5) is 10.1 Å². The van der Waals surface area contributed by atoms with Gasteiger partial charge in [0, 0.05) is 38.9 Å². The summed E-state index contributed by atoms with van der Waals surface area (Å²) in [6.07, 6.45) is 3.07. The highest BCUT2D eigenvalue weighted by molar-refractivity contribution is 5.87. The molecule has 8 heteroatoms. The van der Waals surface area contributed by atoms with Gasteiger partial charge in [-0.1, -0.05) is 18.2 Å². The van der Waals surface area contributed by atoms with Gasteiger partial charge in [0.1, 0.15) is 11.2 Å². The first-order valence-electron chi connectivity index (χ1n) is 10.7. The Morgan fingerprint density at radius 1 is 1.03 bits per heavy atom. The van der Waals surface area contributed by atoms with Crippen molar-refractivity contribution in [1.29, 1.82) is 0 Å². The molecule has 0 aliphatic carbocycles. The normalized spacial score (nSPS) is 22.4. The smallest absolute Gasteiger partial charge is 0.236 e. The number of anilines is 1. The average molecular weight is 426 g/mol. The molecule has 0 saturated carbocycles. The van der Waals surface area contributed by atoms with Gasteiger partial charge in [-0.25, -0.2) is 4.39 Å². The molecule has 0 unspecified atom stereocenters. The van der Waals surface area contributed by atoms with Crippen LogP contribution in [0, 0.1) is 5.82 Å². The number of piperazine rings is 1. The Hall–Kier alpha value is -3.00. The van der Waals surface area contributed by atoms with Crippen molar-refractivity contribution in [2.75, 3.05) is 50.7 Å². The Balaban J connectivity index is 1.38. The van der Waals surface area contributed by atoms with Crippen LogP contribution in [0.1, 0.15) is 18.5 Å². The Morgan fingerprint density at radius 2 is 1.77 bits per heavy atom. The molecule has 2 aromatic rings. The number of halogens is 1. The predicted molar refractivity (Wildman–Crippen MR) is 116 cm³/mol. The summed E-state index contributed by atoms with van der Waals surface area (Å²) < 4.78 is 14.0. The lowest BCUT2D eigenvalue weighted by molar-refractivity contribution is -0.135. The largest absolute Gasteiger partial charge is 0.369 e. The Morgan fingerprint density at radius 3 is 2.45 bits per heavy atom. The summed E-state index contributed by atoms with van der Waals surface area (Å²) in [6.45, 7) is 3.63. The van der Waals surface area contributed by atoms with Crippen LogP contribution >= 0.6 is 0 Å². The molecule has 3 heterocycles. The van der Waals surface area contributed by atoms with Crippen molar-refractivity contribution in [3.05, 3.63) is 60.2 Å². The molecule has 0 radical (unpaired) electrons. The monoisotopic (exact) mass is 425 g/mol. The van der Waals surface area contributed by atoms with E-state index >= 15 is 0 Å². The number of hydrogen-bond acceptors (Lipinski definition) is 5. The van der Waals surface area contributed by atoms with Gasteiger partial charge in [0.15, 0.2) is 0 Å². The summed E-state index contributed by atoms with van der Waals surface area (Å²) in [5.41, 5.74) is 6.19. The van der Waals surface area contributed by atoms with E-state index in [9.17, 15) is 14.0 Å². The van der Waals surface area contributed by atoms with Crippen molar-refractivity contribution in [3.63, 3.8) is 0 Å². The standard InChI is InChI=1S/C23H28FN5O2/c24-18-6-1-2-7-19(18)28-12-14-29(15-13-28)21(30)16-27-11-5-9-23(17-27,22(25)31)20-8-3-4-10-26-20/h1-4,6-8,10H,5,9,11-17H2,(H2,25,31)/t23-/m1/s1. The summed E-state index contributed by atoms with van der Waals surface area (Å²) in [6, 6.07) is 12.2. The van der Waals surface area contributed by atoms with Gasteiger partial charge >= 0.3 is 0 Å². The van der Waals surface area contributed by atoms with E-state index in [-0.39, 0.29) is 18.3 Å². The number of pyridine rings is 1. The Bertz CT molecular complexity index is 933. The van der Waals surface area contributed by atoms with Gasteiger partial charge in [0.2, 0.25) is 11.8 Å². The molecule has 2 fully saturated rings. The fourth-order valence-corrected chi connectivity index (χ4v) is 4.66. The first-order chi connectivity index (χ1) is 15.0. The van der Waals surface area contributed by atoms with E-state index in [1.54, 1.807) is 18.3 Å². The van der Waals surface area contributed by atoms with E-state index in [1.807, 2.05) is 39.0 Å². The fourth-order valence-electron chi connectivity index (χ4n) is 4.66. The molecule has 164 valence electrons. The molecule has 4 rings (SSSR count). The first kappa shape index (κ1) is 21.2. The number of nitrogens with two attached hydrogens (primary N) is 1. The van der Waals surface area contributed by atoms with Crippen LogP contribution in [0.5, 0.6) is 0 Å². The topological polar surface area (TPSA) is 82.8 Å². The summed E-state index contributed by atoms with van der Waals surface area (Å²) >= 11 is 0. The minimum atomic E-state index is -0.872. The molecule has 1 atom stereocenters. The van der Waals surface area contributed by atoms with Crippen LogP contribution in [0.15, 0.2) is 48.7 Å². The third-order valence-electron chi connectivity index (χ3n) is 6.38. The number of aromatic nitrogens is 1. The number of benzene rings is 1. The molecular formula is C23H28FN5O2. The highest BCUT2D eigenvalue weighted by atomic mass is 19.1. The number of hydrogen-bond donors (Lipinski definition) is 1. The molecule has 1 aromatic carbocycles. The Kier molecular flexibility index (Phi) is 6.18. The Labute approximate surface area is 181 Å². The van der Waals surface area contributed by atoms with Gasteiger partial charge in [0.05, 0.1) is 17.9 Å². The maximum absolute atomic E-state index is 14.0. The number of nitrogens with zero attached hydrogens (tertiary/aromatic N) is 4. The van der Waals surface area contributed by atoms with Gasteiger partial charge in [0.25, 0.3) is 0 Å². The summed E-state index contributed by atoms with van der Waals surface area (Å²) in [7, 11) is 0. The van der Waals surface area contributed by atoms with Gasteiger partial charge in [-0.3, -0.25) is 19.5 Å². The third kappa shape index (κ3) is 4.39. The highest BCUT2D eigenvalue weighted by Crippen LogP contribution is 2.33. The highest BCUT2D eigenvalue weighted by Gasteiger charge is 2.44. The van der Waals surface area contributed by atoms with Crippen molar-refractivity contribution >= 4 is 17.5 Å². The molecule has 31 heavy (non-hydrogen) atoms. The molecule has 0 spiro atoms. The van der Waals surface area contributed by atoms with Gasteiger partial charge in [-0.15, -0.1) is 0 Å². The zero-order chi connectivity index (χ0) is 21.8. The van der Waals surface area contributed by atoms with Gasteiger partial charge in [-0.2, -0.15) is 0 Å². The number of carbonyl (C=O) groups is 2. The van der Waals surface area contributed by atoms with Crippen LogP contribution < -0.4 is 10.6 Å². The molecule has 2 aliphatic heterocycles. The maximum Gasteiger partial charge on any atom is 0.236 e. The lowest BCUT2D eigenvalue weighted by Crippen LogP contribution is -2.57. The van der Waals surface area contributed by atoms with E-state index in [0.29, 0.717) is 50.5 Å². The van der Waals surface area contributed by atoms with E-state index < -0.39 is 11.3 Å². The van der Waals surface area contributed by atoms with Crippen molar-refractivity contribution < 1.29 is 14.0 Å². The summed E-state index contributed by atoms with van der Waals surface area (Å²) in [4.78, 5) is 35.6. The van der Waals surface area contributed by atoms with Crippen LogP contribution in [-0.4, -0.2) is 72.4 Å². The van der Waals surface area contributed by atoms with Crippen LogP contribution in [0.25, 0.3) is 0 Å². The predicted octanol–water partition coefficient (Wildman–Crippen LogP) is 1.39. The number of piperidine rings is 1. The number of primary amides is 1. The van der Waals surface area contributed by atoms with Crippen molar-refractivity contribution in [2.45, 2.75) is 18.3 Å². The first-order valence-corrected chi connectivity index (χ1v) is 10.7. The fraction of sp³-hybridized carbons (Fsp3) is 0.435. The van der Waals surface area contributed by atoms with Crippen molar-refractivity contribution in [2.24, 2.45) is 5.73 Å². The third-order valence-corrected chi connectivity index (χ3v) is 6.38. The number of para-hydroxylation sites is 1. The zero-order valence-electron chi connectivity index (χ0n) is 17.5. The average Bonchev–Trinajstić information content (AvgIpc) is 2.80. The number of amides is 2. The van der Waals surface area contributed by atoms with Crippen molar-refractivity contribution in [3.8, 4) is 0 Å². The van der Waals surface area contributed by atoms with Crippen LogP contribution in [-0.2, 0) is 15.0 Å². The van der Waals surface area contributed by atoms with Crippen LogP contribution in [0.3, 0.4) is 0 Å². The molecule has 2 aliphatic rings. The number of likely N-dealkylation sites (tertiary alicyclic amines) is 1. The number of carbonyl (C=O) groups excluding carboxylic acids is 2. The second kappa shape index (κ2) is 9.01. The second-order valence-electron chi connectivity index (χ2n) is 8.29. The zero-order valence-corrected chi connectivity index (χ0v) is 17.5. The van der Waals surface area contributed by atoms with E-state index in [1.165, 1.54) is 6.07 Å². The molecule has 0 bridgehead atoms. The lowest BCUT2D eigenvalue weighted by atomic mass is 9.76. The van der Waals surface area contributed by atoms with Gasteiger partial charge in [-0.05, 0) is 43.7 Å². The molecule has 2 N–H and O–H groups in total. The summed E-state index contributed by atoms with van der Waals surface area (Å²) in [5, 5.41) is 0. The minimum Gasteiger partial charge on any atom is -0.369 e. The van der Waals surface area contributed by atoms with Crippen molar-refractivity contribution in [1.82, 2.24) is 14.8 Å². The molecular weight excluding hydrogens is 397 g/mol. The van der Waals surface area contributed by atoms with Crippen LogP contribution in [0.2, 0.25) is 0 Å². The maximum atomic E-state index is 14.0. The van der Waals surface area contributed by atoms with E-state index in [2.05, 4.69) is 4.98 Å². The molecule has 2 saturated heterocycles. The lowest BCUT2D eigenvalue weighted by Gasteiger charge is -2.41. The minimum absolute atomic E-state index is 0.0227. The number of rotatable bonds is 5. The SMILES string of the molecule is NC(=O)[C@]1(c2ccccn2)CCCN(CC(=O)N2CCN(c3ccccc3F)CC2)C1. The molecule has 1 aromatic heterocycles. The molecule has 2 amide bonds. The van der Waals surface area contributed by atoms with Gasteiger partial charge < -0.3 is 15.5 Å². The molecule has 7 nitrogen and oxygen atoms in total. The quantitative estimate of drug-likeness (QED) is 0.783.